The predicted molar refractivity (Wildman–Crippen MR) is 112 cm³/mol. The first-order valence-electron chi connectivity index (χ1n) is 10.5. The number of fused-ring (bicyclic) bond motifs is 4. The molecule has 0 radical (unpaired) electrons. The number of urea groups is 1. The first-order valence-corrected chi connectivity index (χ1v) is 11.4. The summed E-state index contributed by atoms with van der Waals surface area (Å²) in [5.74, 6) is 0.593. The van der Waals surface area contributed by atoms with Gasteiger partial charge in [0.15, 0.2) is 0 Å². The number of piperidine rings is 1. The van der Waals surface area contributed by atoms with Crippen molar-refractivity contribution in [2.24, 2.45) is 5.92 Å². The maximum Gasteiger partial charge on any atom is 0.317 e. The van der Waals surface area contributed by atoms with Gasteiger partial charge in [-0.2, -0.15) is 0 Å². The second-order valence-electron chi connectivity index (χ2n) is 8.55. The van der Waals surface area contributed by atoms with Gasteiger partial charge < -0.3 is 14.8 Å². The fourth-order valence-corrected chi connectivity index (χ4v) is 6.09. The summed E-state index contributed by atoms with van der Waals surface area (Å²) in [4.78, 5) is 28.7. The third kappa shape index (κ3) is 3.28. The molecule has 2 aromatic heterocycles. The fraction of sp³-hybridized carbons (Fsp3) is 0.545. The van der Waals surface area contributed by atoms with Crippen molar-refractivity contribution >= 4 is 17.4 Å². The van der Waals surface area contributed by atoms with Gasteiger partial charge in [0, 0.05) is 53.8 Å². The number of rotatable bonds is 2. The van der Waals surface area contributed by atoms with E-state index in [1.54, 1.807) is 17.4 Å². The van der Waals surface area contributed by atoms with Crippen LogP contribution >= 0.6 is 11.3 Å². The summed E-state index contributed by atoms with van der Waals surface area (Å²) in [6.07, 6.45) is 7.00. The predicted octanol–water partition coefficient (Wildman–Crippen LogP) is 4.04. The van der Waals surface area contributed by atoms with Crippen LogP contribution in [0.4, 0.5) is 4.79 Å². The Morgan fingerprint density at radius 3 is 2.71 bits per heavy atom. The molecule has 1 N–H and O–H groups in total. The fourth-order valence-electron chi connectivity index (χ4n) is 5.33. The Morgan fingerprint density at radius 1 is 1.07 bits per heavy atom. The second kappa shape index (κ2) is 7.39. The van der Waals surface area contributed by atoms with Crippen molar-refractivity contribution in [1.29, 1.82) is 0 Å². The highest BCUT2D eigenvalue weighted by molar-refractivity contribution is 7.13. The van der Waals surface area contributed by atoms with E-state index in [1.165, 1.54) is 24.1 Å². The van der Waals surface area contributed by atoms with Gasteiger partial charge in [-0.3, -0.25) is 4.79 Å². The normalized spacial score (nSPS) is 24.6. The van der Waals surface area contributed by atoms with Crippen LogP contribution in [-0.2, 0) is 6.54 Å². The molecule has 1 saturated heterocycles. The van der Waals surface area contributed by atoms with Crippen LogP contribution in [0, 0.1) is 5.92 Å². The Hall–Kier alpha value is -2.08. The van der Waals surface area contributed by atoms with E-state index in [0.29, 0.717) is 18.5 Å². The Labute approximate surface area is 169 Å². The van der Waals surface area contributed by atoms with Crippen molar-refractivity contribution in [3.63, 3.8) is 0 Å². The number of thiophene rings is 1. The van der Waals surface area contributed by atoms with Crippen molar-refractivity contribution in [2.75, 3.05) is 13.1 Å². The molecule has 2 aromatic rings. The third-order valence-electron chi connectivity index (χ3n) is 6.60. The van der Waals surface area contributed by atoms with E-state index in [9.17, 15) is 9.59 Å². The van der Waals surface area contributed by atoms with Crippen LogP contribution in [0.1, 0.15) is 50.1 Å². The maximum absolute atomic E-state index is 12.9. The number of carbonyl (C=O) groups excluding carboxylic acids is 1. The van der Waals surface area contributed by atoms with Gasteiger partial charge in [-0.15, -0.1) is 11.3 Å². The molecule has 1 aliphatic carbocycles. The SMILES string of the molecule is O=C(NC1CCCCC1)N1C[C@@H]2C[C@H](C1)c1c(-c3cccs3)ccc(=O)n1C2. The van der Waals surface area contributed by atoms with E-state index in [4.69, 9.17) is 0 Å². The van der Waals surface area contributed by atoms with Crippen LogP contribution in [-0.4, -0.2) is 34.6 Å². The van der Waals surface area contributed by atoms with E-state index < -0.39 is 0 Å². The van der Waals surface area contributed by atoms with E-state index in [0.717, 1.165) is 43.6 Å². The number of aromatic nitrogens is 1. The van der Waals surface area contributed by atoms with Crippen LogP contribution in [0.5, 0.6) is 0 Å². The lowest BCUT2D eigenvalue weighted by Crippen LogP contribution is -2.53. The molecule has 2 atom stereocenters. The molecule has 2 bridgehead atoms. The molecule has 28 heavy (non-hydrogen) atoms. The van der Waals surface area contributed by atoms with E-state index in [2.05, 4.69) is 22.8 Å². The highest BCUT2D eigenvalue weighted by Crippen LogP contribution is 2.40. The van der Waals surface area contributed by atoms with Crippen LogP contribution in [0.3, 0.4) is 0 Å². The average Bonchev–Trinajstić information content (AvgIpc) is 3.24. The molecular weight excluding hydrogens is 370 g/mol. The molecule has 4 heterocycles. The van der Waals surface area contributed by atoms with Gasteiger partial charge in [-0.05, 0) is 42.7 Å². The Bertz CT molecular complexity index is 914. The largest absolute Gasteiger partial charge is 0.335 e. The number of hydrogen-bond donors (Lipinski definition) is 1. The highest BCUT2D eigenvalue weighted by Gasteiger charge is 2.38. The number of pyridine rings is 1. The van der Waals surface area contributed by atoms with Crippen molar-refractivity contribution < 1.29 is 4.79 Å². The lowest BCUT2D eigenvalue weighted by molar-refractivity contribution is 0.128. The van der Waals surface area contributed by atoms with Gasteiger partial charge in [-0.1, -0.05) is 25.3 Å². The number of carbonyl (C=O) groups is 1. The minimum atomic E-state index is 0.0881. The quantitative estimate of drug-likeness (QED) is 0.832. The molecule has 1 saturated carbocycles. The maximum atomic E-state index is 12.9. The standard InChI is InChI=1S/C22H27N3O2S/c26-20-9-8-18(19-7-4-10-28-19)21-16-11-15(13-25(20)21)12-24(14-16)22(27)23-17-5-2-1-3-6-17/h4,7-10,15-17H,1-3,5-6,11-14H2,(H,23,27)/t15-,16+/m0/s1. The molecule has 0 spiro atoms. The zero-order valence-corrected chi connectivity index (χ0v) is 16.9. The van der Waals surface area contributed by atoms with Crippen molar-refractivity contribution in [3.8, 4) is 10.4 Å². The van der Waals surface area contributed by atoms with Crippen LogP contribution in [0.25, 0.3) is 10.4 Å². The summed E-state index contributed by atoms with van der Waals surface area (Å²) >= 11 is 1.71. The first-order chi connectivity index (χ1) is 13.7. The molecule has 0 aromatic carbocycles. The molecule has 0 unspecified atom stereocenters. The molecule has 2 amide bonds. The number of likely N-dealkylation sites (tertiary alicyclic amines) is 1. The molecule has 6 heteroatoms. The molecule has 5 rings (SSSR count). The lowest BCUT2D eigenvalue weighted by Gasteiger charge is -2.43. The van der Waals surface area contributed by atoms with Crippen LogP contribution in [0.2, 0.25) is 0 Å². The number of nitrogens with zero attached hydrogens (tertiary/aromatic N) is 2. The highest BCUT2D eigenvalue weighted by atomic mass is 32.1. The van der Waals surface area contributed by atoms with Gasteiger partial charge in [0.05, 0.1) is 0 Å². The van der Waals surface area contributed by atoms with Gasteiger partial charge >= 0.3 is 6.03 Å². The van der Waals surface area contributed by atoms with Gasteiger partial charge in [0.2, 0.25) is 0 Å². The molecule has 2 fully saturated rings. The Kier molecular flexibility index (Phi) is 4.75. The summed E-state index contributed by atoms with van der Waals surface area (Å²) in [5.41, 5.74) is 2.37. The monoisotopic (exact) mass is 397 g/mol. The Morgan fingerprint density at radius 2 is 1.93 bits per heavy atom. The van der Waals surface area contributed by atoms with Crippen molar-refractivity contribution in [3.05, 3.63) is 45.7 Å². The van der Waals surface area contributed by atoms with Gasteiger partial charge in [0.25, 0.3) is 5.56 Å². The lowest BCUT2D eigenvalue weighted by atomic mass is 9.81. The van der Waals surface area contributed by atoms with Gasteiger partial charge in [0.1, 0.15) is 0 Å². The topological polar surface area (TPSA) is 54.3 Å². The molecule has 5 nitrogen and oxygen atoms in total. The minimum absolute atomic E-state index is 0.0881. The van der Waals surface area contributed by atoms with Crippen LogP contribution < -0.4 is 10.9 Å². The zero-order chi connectivity index (χ0) is 19.1. The number of amides is 2. The van der Waals surface area contributed by atoms with Crippen molar-refractivity contribution in [1.82, 2.24) is 14.8 Å². The van der Waals surface area contributed by atoms with E-state index in [1.807, 2.05) is 15.5 Å². The minimum Gasteiger partial charge on any atom is -0.335 e. The summed E-state index contributed by atoms with van der Waals surface area (Å²) in [7, 11) is 0. The molecule has 148 valence electrons. The molecular formula is C22H27N3O2S. The van der Waals surface area contributed by atoms with Gasteiger partial charge in [-0.25, -0.2) is 4.79 Å². The summed E-state index contributed by atoms with van der Waals surface area (Å²) < 4.78 is 1.98. The Balaban J connectivity index is 1.42. The number of nitrogens with one attached hydrogen (secondary N) is 1. The smallest absolute Gasteiger partial charge is 0.317 e. The zero-order valence-electron chi connectivity index (χ0n) is 16.1. The summed E-state index contributed by atoms with van der Waals surface area (Å²) in [6.45, 7) is 2.18. The van der Waals surface area contributed by atoms with E-state index in [-0.39, 0.29) is 17.5 Å². The second-order valence-corrected chi connectivity index (χ2v) is 9.49. The average molecular weight is 398 g/mol. The summed E-state index contributed by atoms with van der Waals surface area (Å²) in [5, 5.41) is 5.35. The van der Waals surface area contributed by atoms with Crippen molar-refractivity contribution in [2.45, 2.75) is 57.0 Å². The molecule has 2 aliphatic heterocycles. The number of hydrogen-bond acceptors (Lipinski definition) is 3. The summed E-state index contributed by atoms with van der Waals surface area (Å²) in [6, 6.07) is 8.27. The van der Waals surface area contributed by atoms with E-state index >= 15 is 0 Å². The first kappa shape index (κ1) is 18.0. The third-order valence-corrected chi connectivity index (χ3v) is 7.50. The van der Waals surface area contributed by atoms with Crippen LogP contribution in [0.15, 0.2) is 34.4 Å². The molecule has 3 aliphatic rings.